The second-order valence-corrected chi connectivity index (χ2v) is 8.47. The van der Waals surface area contributed by atoms with Crippen LogP contribution in [0.5, 0.6) is 0 Å². The van der Waals surface area contributed by atoms with Crippen LogP contribution in [0.4, 0.5) is 0 Å². The maximum atomic E-state index is 12.7. The molecule has 1 heterocycles. The van der Waals surface area contributed by atoms with Crippen LogP contribution in [0.15, 0.2) is 0 Å². The van der Waals surface area contributed by atoms with Gasteiger partial charge in [-0.2, -0.15) is 11.8 Å². The smallest absolute Gasteiger partial charge is 0.241 e. The zero-order valence-electron chi connectivity index (χ0n) is 12.7. The number of carbonyl (C=O) groups excluding carboxylic acids is 1. The molecule has 3 aliphatic rings. The second-order valence-electron chi connectivity index (χ2n) is 7.20. The summed E-state index contributed by atoms with van der Waals surface area (Å²) in [6.45, 7) is 5.61. The fraction of sp³-hybridized carbons (Fsp3) is 0.933. The number of rotatable bonds is 4. The van der Waals surface area contributed by atoms with E-state index in [0.717, 1.165) is 19.6 Å². The number of amides is 1. The van der Waals surface area contributed by atoms with Crippen molar-refractivity contribution in [2.24, 2.45) is 17.1 Å². The summed E-state index contributed by atoms with van der Waals surface area (Å²) in [5.41, 5.74) is 5.50. The predicted octanol–water partition coefficient (Wildman–Crippen LogP) is 1.53. The van der Waals surface area contributed by atoms with Gasteiger partial charge < -0.3 is 15.8 Å². The minimum absolute atomic E-state index is 0.0228. The molecule has 3 atom stereocenters. The first kappa shape index (κ1) is 14.7. The van der Waals surface area contributed by atoms with Crippen molar-refractivity contribution in [1.82, 2.24) is 5.32 Å². The Labute approximate surface area is 125 Å². The summed E-state index contributed by atoms with van der Waals surface area (Å²) in [6.07, 6.45) is 6.86. The molecule has 0 aromatic heterocycles. The number of thioether (sulfide) groups is 1. The maximum absolute atomic E-state index is 12.7. The van der Waals surface area contributed by atoms with Crippen LogP contribution in [0.25, 0.3) is 0 Å². The first-order valence-corrected chi connectivity index (χ1v) is 8.84. The number of carbonyl (C=O) groups is 1. The van der Waals surface area contributed by atoms with E-state index in [1.165, 1.54) is 19.3 Å². The Balaban J connectivity index is 1.67. The first-order chi connectivity index (χ1) is 9.37. The monoisotopic (exact) mass is 298 g/mol. The van der Waals surface area contributed by atoms with Gasteiger partial charge in [0.2, 0.25) is 5.91 Å². The van der Waals surface area contributed by atoms with Gasteiger partial charge in [-0.05, 0) is 25.5 Å². The quantitative estimate of drug-likeness (QED) is 0.826. The van der Waals surface area contributed by atoms with E-state index in [1.807, 2.05) is 11.8 Å². The SMILES string of the molecule is CSC1(CNC(=O)C2(N)C3CCOC3C2(C)C)CCC1. The van der Waals surface area contributed by atoms with Crippen LogP contribution in [0.1, 0.15) is 39.5 Å². The lowest BCUT2D eigenvalue weighted by molar-refractivity contribution is -0.175. The standard InChI is InChI=1S/C15H26N2O2S/c1-13(2)11-10(5-8-19-11)15(13,16)12(18)17-9-14(20-3)6-4-7-14/h10-11H,4-9,16H2,1-3H3,(H,17,18). The lowest BCUT2D eigenvalue weighted by atomic mass is 9.48. The number of hydrogen-bond donors (Lipinski definition) is 2. The van der Waals surface area contributed by atoms with Gasteiger partial charge in [-0.25, -0.2) is 0 Å². The Morgan fingerprint density at radius 3 is 2.70 bits per heavy atom. The molecule has 2 aliphatic carbocycles. The van der Waals surface area contributed by atoms with Crippen LogP contribution in [0.2, 0.25) is 0 Å². The van der Waals surface area contributed by atoms with E-state index < -0.39 is 5.54 Å². The largest absolute Gasteiger partial charge is 0.377 e. The molecule has 0 aromatic carbocycles. The number of fused-ring (bicyclic) bond motifs is 1. The van der Waals surface area contributed by atoms with E-state index in [-0.39, 0.29) is 28.1 Å². The Kier molecular flexibility index (Phi) is 3.39. The number of ether oxygens (including phenoxy) is 1. The van der Waals surface area contributed by atoms with Crippen LogP contribution in [-0.4, -0.2) is 41.7 Å². The van der Waals surface area contributed by atoms with Gasteiger partial charge in [0.1, 0.15) is 5.54 Å². The third-order valence-corrected chi connectivity index (χ3v) is 7.52. The fourth-order valence-electron chi connectivity index (χ4n) is 4.26. The highest BCUT2D eigenvalue weighted by atomic mass is 32.2. The number of nitrogens with one attached hydrogen (secondary N) is 1. The van der Waals surface area contributed by atoms with Crippen LogP contribution in [0.3, 0.4) is 0 Å². The molecule has 2 saturated carbocycles. The molecule has 0 spiro atoms. The van der Waals surface area contributed by atoms with Gasteiger partial charge >= 0.3 is 0 Å². The van der Waals surface area contributed by atoms with Crippen molar-refractivity contribution in [2.45, 2.75) is 55.9 Å². The van der Waals surface area contributed by atoms with E-state index in [9.17, 15) is 4.79 Å². The predicted molar refractivity (Wildman–Crippen MR) is 81.7 cm³/mol. The Morgan fingerprint density at radius 1 is 1.45 bits per heavy atom. The lowest BCUT2D eigenvalue weighted by Crippen LogP contribution is -2.80. The van der Waals surface area contributed by atoms with Crippen molar-refractivity contribution in [3.8, 4) is 0 Å². The van der Waals surface area contributed by atoms with Gasteiger partial charge in [0.25, 0.3) is 0 Å². The van der Waals surface area contributed by atoms with Crippen molar-refractivity contribution in [1.29, 1.82) is 0 Å². The molecule has 3 unspecified atom stereocenters. The molecule has 0 radical (unpaired) electrons. The zero-order valence-corrected chi connectivity index (χ0v) is 13.5. The third-order valence-electron chi connectivity index (χ3n) is 6.10. The molecule has 0 bridgehead atoms. The van der Waals surface area contributed by atoms with Gasteiger partial charge in [-0.15, -0.1) is 0 Å². The minimum atomic E-state index is -0.766. The summed E-state index contributed by atoms with van der Waals surface area (Å²) in [6, 6.07) is 0. The minimum Gasteiger partial charge on any atom is -0.377 e. The molecule has 5 heteroatoms. The first-order valence-electron chi connectivity index (χ1n) is 7.61. The summed E-state index contributed by atoms with van der Waals surface area (Å²) in [7, 11) is 0. The topological polar surface area (TPSA) is 64.4 Å². The zero-order chi connectivity index (χ0) is 14.6. The normalized spacial score (nSPS) is 40.4. The van der Waals surface area contributed by atoms with Gasteiger partial charge in [-0.1, -0.05) is 20.3 Å². The third kappa shape index (κ3) is 1.72. The Morgan fingerprint density at radius 2 is 2.15 bits per heavy atom. The number of nitrogens with two attached hydrogens (primary N) is 1. The average molecular weight is 298 g/mol. The lowest BCUT2D eigenvalue weighted by Gasteiger charge is -2.60. The van der Waals surface area contributed by atoms with Crippen LogP contribution >= 0.6 is 11.8 Å². The summed E-state index contributed by atoms with van der Waals surface area (Å²) in [4.78, 5) is 12.7. The van der Waals surface area contributed by atoms with Crippen molar-refractivity contribution in [3.63, 3.8) is 0 Å². The molecule has 4 nitrogen and oxygen atoms in total. The van der Waals surface area contributed by atoms with Crippen LogP contribution < -0.4 is 11.1 Å². The molecular weight excluding hydrogens is 272 g/mol. The van der Waals surface area contributed by atoms with E-state index in [1.54, 1.807) is 0 Å². The highest BCUT2D eigenvalue weighted by molar-refractivity contribution is 8.00. The molecule has 3 rings (SSSR count). The summed E-state index contributed by atoms with van der Waals surface area (Å²) < 4.78 is 6.00. The molecule has 3 N–H and O–H groups in total. The summed E-state index contributed by atoms with van der Waals surface area (Å²) in [5, 5.41) is 3.15. The molecule has 1 saturated heterocycles. The summed E-state index contributed by atoms with van der Waals surface area (Å²) in [5.74, 6) is 0.207. The molecular formula is C15H26N2O2S. The second kappa shape index (κ2) is 4.62. The van der Waals surface area contributed by atoms with E-state index in [2.05, 4.69) is 25.4 Å². The van der Waals surface area contributed by atoms with Gasteiger partial charge in [-0.3, -0.25) is 4.79 Å². The van der Waals surface area contributed by atoms with Crippen molar-refractivity contribution in [2.75, 3.05) is 19.4 Å². The molecule has 20 heavy (non-hydrogen) atoms. The average Bonchev–Trinajstić information content (AvgIpc) is 2.84. The van der Waals surface area contributed by atoms with E-state index in [0.29, 0.717) is 0 Å². The van der Waals surface area contributed by atoms with Crippen molar-refractivity contribution >= 4 is 17.7 Å². The fourth-order valence-corrected chi connectivity index (χ4v) is 5.17. The van der Waals surface area contributed by atoms with Gasteiger partial charge in [0.05, 0.1) is 6.10 Å². The molecule has 1 amide bonds. The molecule has 114 valence electrons. The van der Waals surface area contributed by atoms with Crippen LogP contribution in [-0.2, 0) is 9.53 Å². The highest BCUT2D eigenvalue weighted by Crippen LogP contribution is 2.58. The number of hydrogen-bond acceptors (Lipinski definition) is 4. The van der Waals surface area contributed by atoms with Crippen LogP contribution in [0, 0.1) is 11.3 Å². The van der Waals surface area contributed by atoms with Gasteiger partial charge in [0, 0.05) is 29.2 Å². The molecule has 0 aromatic rings. The summed E-state index contributed by atoms with van der Waals surface area (Å²) >= 11 is 1.88. The molecule has 1 aliphatic heterocycles. The Bertz CT molecular complexity index is 417. The Hall–Kier alpha value is -0.260. The van der Waals surface area contributed by atoms with E-state index in [4.69, 9.17) is 10.5 Å². The molecule has 3 fully saturated rings. The highest BCUT2D eigenvalue weighted by Gasteiger charge is 2.71. The maximum Gasteiger partial charge on any atom is 0.241 e. The van der Waals surface area contributed by atoms with E-state index >= 15 is 0 Å². The van der Waals surface area contributed by atoms with Crippen molar-refractivity contribution < 1.29 is 9.53 Å². The van der Waals surface area contributed by atoms with Crippen molar-refractivity contribution in [3.05, 3.63) is 0 Å². The van der Waals surface area contributed by atoms with Gasteiger partial charge in [0.15, 0.2) is 0 Å².